The molecule has 2 heteroatoms. The minimum atomic E-state index is -0.419. The van der Waals surface area contributed by atoms with Gasteiger partial charge in [-0.25, -0.2) is 0 Å². The van der Waals surface area contributed by atoms with Crippen molar-refractivity contribution in [1.29, 1.82) is 0 Å². The largest absolute Gasteiger partial charge is 0.390 e. The summed E-state index contributed by atoms with van der Waals surface area (Å²) in [6, 6.07) is 14.6. The lowest BCUT2D eigenvalue weighted by Gasteiger charge is -2.11. The highest BCUT2D eigenvalue weighted by atomic mass is 16.5. The van der Waals surface area contributed by atoms with Crippen molar-refractivity contribution in [2.24, 2.45) is 0 Å². The first-order valence-corrected chi connectivity index (χ1v) is 6.53. The molecule has 0 aliphatic rings. The molecule has 0 aliphatic heterocycles. The van der Waals surface area contributed by atoms with Gasteiger partial charge in [0.15, 0.2) is 0 Å². The predicted molar refractivity (Wildman–Crippen MR) is 74.8 cm³/mol. The van der Waals surface area contributed by atoms with Crippen LogP contribution in [0.5, 0.6) is 0 Å². The van der Waals surface area contributed by atoms with Gasteiger partial charge < -0.3 is 9.84 Å². The molecule has 0 spiro atoms. The van der Waals surface area contributed by atoms with Crippen LogP contribution in [-0.2, 0) is 11.2 Å². The molecule has 0 bridgehead atoms. The first-order chi connectivity index (χ1) is 8.79. The van der Waals surface area contributed by atoms with Gasteiger partial charge in [0.2, 0.25) is 0 Å². The van der Waals surface area contributed by atoms with Gasteiger partial charge in [0, 0.05) is 13.0 Å². The fourth-order valence-corrected chi connectivity index (χ4v) is 2.06. The molecule has 0 aliphatic carbocycles. The quantitative estimate of drug-likeness (QED) is 0.791. The van der Waals surface area contributed by atoms with Crippen molar-refractivity contribution in [2.45, 2.75) is 25.9 Å². The third-order valence-electron chi connectivity index (χ3n) is 2.94. The number of benzene rings is 2. The minimum absolute atomic E-state index is 0.417. The number of fused-ring (bicyclic) bond motifs is 1. The van der Waals surface area contributed by atoms with Gasteiger partial charge in [-0.3, -0.25) is 0 Å². The van der Waals surface area contributed by atoms with E-state index < -0.39 is 6.10 Å². The number of hydrogen-bond acceptors (Lipinski definition) is 2. The first-order valence-electron chi connectivity index (χ1n) is 6.53. The molecule has 18 heavy (non-hydrogen) atoms. The van der Waals surface area contributed by atoms with Gasteiger partial charge in [-0.05, 0) is 22.8 Å². The Balaban J connectivity index is 1.98. The molecule has 2 aromatic rings. The van der Waals surface area contributed by atoms with Crippen LogP contribution >= 0.6 is 0 Å². The van der Waals surface area contributed by atoms with E-state index in [1.807, 2.05) is 12.1 Å². The summed E-state index contributed by atoms with van der Waals surface area (Å²) in [5.74, 6) is 0. The summed E-state index contributed by atoms with van der Waals surface area (Å²) in [4.78, 5) is 0. The first kappa shape index (κ1) is 13.1. The molecule has 1 atom stereocenters. The van der Waals surface area contributed by atoms with Crippen LogP contribution in [0.4, 0.5) is 0 Å². The normalized spacial score (nSPS) is 12.8. The Kier molecular flexibility index (Phi) is 4.73. The maximum Gasteiger partial charge on any atom is 0.0813 e. The lowest BCUT2D eigenvalue weighted by Crippen LogP contribution is -2.18. The molecule has 2 aromatic carbocycles. The SMILES string of the molecule is CCCOCC(O)Cc1ccc2ccccc2c1. The summed E-state index contributed by atoms with van der Waals surface area (Å²) < 4.78 is 5.35. The average molecular weight is 244 g/mol. The summed E-state index contributed by atoms with van der Waals surface area (Å²) in [6.45, 7) is 3.20. The van der Waals surface area contributed by atoms with Crippen molar-refractivity contribution < 1.29 is 9.84 Å². The minimum Gasteiger partial charge on any atom is -0.390 e. The summed E-state index contributed by atoms with van der Waals surface area (Å²) in [6.07, 6.45) is 1.22. The predicted octanol–water partition coefficient (Wildman–Crippen LogP) is 3.17. The molecule has 96 valence electrons. The average Bonchev–Trinajstić information content (AvgIpc) is 2.39. The van der Waals surface area contributed by atoms with E-state index in [2.05, 4.69) is 37.3 Å². The van der Waals surface area contributed by atoms with E-state index in [0.717, 1.165) is 18.6 Å². The molecule has 0 aromatic heterocycles. The number of hydrogen-bond donors (Lipinski definition) is 1. The van der Waals surface area contributed by atoms with Crippen LogP contribution in [0.2, 0.25) is 0 Å². The fourth-order valence-electron chi connectivity index (χ4n) is 2.06. The molecule has 0 radical (unpaired) electrons. The van der Waals surface area contributed by atoms with E-state index in [1.165, 1.54) is 10.8 Å². The highest BCUT2D eigenvalue weighted by molar-refractivity contribution is 5.82. The van der Waals surface area contributed by atoms with Crippen LogP contribution in [0.1, 0.15) is 18.9 Å². The van der Waals surface area contributed by atoms with E-state index >= 15 is 0 Å². The van der Waals surface area contributed by atoms with Gasteiger partial charge in [0.25, 0.3) is 0 Å². The van der Waals surface area contributed by atoms with Gasteiger partial charge in [0.1, 0.15) is 0 Å². The van der Waals surface area contributed by atoms with Crippen LogP contribution in [0.3, 0.4) is 0 Å². The molecule has 1 N–H and O–H groups in total. The number of aliphatic hydroxyl groups is 1. The zero-order valence-corrected chi connectivity index (χ0v) is 10.8. The number of ether oxygens (including phenoxy) is 1. The Bertz CT molecular complexity index is 493. The fraction of sp³-hybridized carbons (Fsp3) is 0.375. The number of aliphatic hydroxyl groups excluding tert-OH is 1. The van der Waals surface area contributed by atoms with Gasteiger partial charge in [-0.1, -0.05) is 49.4 Å². The van der Waals surface area contributed by atoms with Gasteiger partial charge >= 0.3 is 0 Å². The molecular weight excluding hydrogens is 224 g/mol. The van der Waals surface area contributed by atoms with E-state index in [4.69, 9.17) is 4.74 Å². The van der Waals surface area contributed by atoms with Crippen LogP contribution in [0.25, 0.3) is 10.8 Å². The van der Waals surface area contributed by atoms with E-state index in [0.29, 0.717) is 13.0 Å². The van der Waals surface area contributed by atoms with E-state index in [1.54, 1.807) is 0 Å². The second-order valence-electron chi connectivity index (χ2n) is 4.61. The van der Waals surface area contributed by atoms with Crippen molar-refractivity contribution in [1.82, 2.24) is 0 Å². The third kappa shape index (κ3) is 3.56. The molecule has 2 rings (SSSR count). The summed E-state index contributed by atoms with van der Waals surface area (Å²) in [5.41, 5.74) is 1.15. The molecule has 1 unspecified atom stereocenters. The van der Waals surface area contributed by atoms with Crippen molar-refractivity contribution in [3.63, 3.8) is 0 Å². The maximum absolute atomic E-state index is 9.88. The van der Waals surface area contributed by atoms with Crippen LogP contribution in [-0.4, -0.2) is 24.4 Å². The lowest BCUT2D eigenvalue weighted by atomic mass is 10.0. The van der Waals surface area contributed by atoms with Crippen molar-refractivity contribution in [2.75, 3.05) is 13.2 Å². The maximum atomic E-state index is 9.88. The molecule has 0 saturated carbocycles. The van der Waals surface area contributed by atoms with Gasteiger partial charge in [0.05, 0.1) is 12.7 Å². The zero-order valence-electron chi connectivity index (χ0n) is 10.8. The van der Waals surface area contributed by atoms with Crippen molar-refractivity contribution in [3.8, 4) is 0 Å². The molecule has 0 amide bonds. The Hall–Kier alpha value is -1.38. The van der Waals surface area contributed by atoms with E-state index in [9.17, 15) is 5.11 Å². The topological polar surface area (TPSA) is 29.5 Å². The molecule has 2 nitrogen and oxygen atoms in total. The highest BCUT2D eigenvalue weighted by Crippen LogP contribution is 2.16. The molecule has 0 saturated heterocycles. The van der Waals surface area contributed by atoms with E-state index in [-0.39, 0.29) is 0 Å². The Morgan fingerprint density at radius 1 is 1.11 bits per heavy atom. The van der Waals surface area contributed by atoms with Gasteiger partial charge in [-0.2, -0.15) is 0 Å². The van der Waals surface area contributed by atoms with Crippen molar-refractivity contribution in [3.05, 3.63) is 48.0 Å². The Morgan fingerprint density at radius 3 is 2.67 bits per heavy atom. The highest BCUT2D eigenvalue weighted by Gasteiger charge is 2.06. The monoisotopic (exact) mass is 244 g/mol. The zero-order chi connectivity index (χ0) is 12.8. The molecule has 0 heterocycles. The Labute approximate surface area is 108 Å². The molecular formula is C16H20O2. The summed E-state index contributed by atoms with van der Waals surface area (Å²) in [5, 5.41) is 12.3. The lowest BCUT2D eigenvalue weighted by molar-refractivity contribution is 0.0374. The van der Waals surface area contributed by atoms with Gasteiger partial charge in [-0.15, -0.1) is 0 Å². The summed E-state index contributed by atoms with van der Waals surface area (Å²) >= 11 is 0. The third-order valence-corrected chi connectivity index (χ3v) is 2.94. The second kappa shape index (κ2) is 6.53. The van der Waals surface area contributed by atoms with Crippen LogP contribution < -0.4 is 0 Å². The van der Waals surface area contributed by atoms with Crippen LogP contribution in [0, 0.1) is 0 Å². The summed E-state index contributed by atoms with van der Waals surface area (Å²) in [7, 11) is 0. The Morgan fingerprint density at radius 2 is 1.89 bits per heavy atom. The van der Waals surface area contributed by atoms with Crippen LogP contribution in [0.15, 0.2) is 42.5 Å². The number of rotatable bonds is 6. The standard InChI is InChI=1S/C16H20O2/c1-2-9-18-12-16(17)11-13-7-8-14-5-3-4-6-15(14)10-13/h3-8,10,16-17H,2,9,11-12H2,1H3. The second-order valence-corrected chi connectivity index (χ2v) is 4.61. The molecule has 0 fully saturated rings. The van der Waals surface area contributed by atoms with Crippen molar-refractivity contribution >= 4 is 10.8 Å². The smallest absolute Gasteiger partial charge is 0.0813 e.